The van der Waals surface area contributed by atoms with Crippen molar-refractivity contribution in [1.82, 2.24) is 0 Å². The Kier molecular flexibility index (Phi) is 4.60. The number of rotatable bonds is 5. The van der Waals surface area contributed by atoms with Crippen LogP contribution in [0, 0.1) is 0 Å². The number of carbonyl (C=O) groups excluding carboxylic acids is 1. The number of aromatic hydroxyl groups is 1. The first-order valence-corrected chi connectivity index (χ1v) is 6.48. The molecule has 0 amide bonds. The number of nitrogens with one attached hydrogen (secondary N) is 1. The van der Waals surface area contributed by atoms with E-state index in [0.29, 0.717) is 24.4 Å². The fourth-order valence-corrected chi connectivity index (χ4v) is 1.89. The summed E-state index contributed by atoms with van der Waals surface area (Å²) < 4.78 is 5.02. The van der Waals surface area contributed by atoms with Gasteiger partial charge in [0.15, 0.2) is 0 Å². The highest BCUT2D eigenvalue weighted by molar-refractivity contribution is 5.95. The highest BCUT2D eigenvalue weighted by Crippen LogP contribution is 2.18. The molecule has 2 N–H and O–H groups in total. The Balaban J connectivity index is 2.11. The summed E-state index contributed by atoms with van der Waals surface area (Å²) in [6.45, 7) is 2.64. The van der Waals surface area contributed by atoms with Crippen LogP contribution in [-0.2, 0) is 11.3 Å². The van der Waals surface area contributed by atoms with Gasteiger partial charge in [-0.3, -0.25) is 0 Å². The fourth-order valence-electron chi connectivity index (χ4n) is 1.89. The van der Waals surface area contributed by atoms with E-state index >= 15 is 0 Å². The smallest absolute Gasteiger partial charge is 0.340 e. The molecule has 0 bridgehead atoms. The number of esters is 1. The Bertz CT molecular complexity index is 596. The summed E-state index contributed by atoms with van der Waals surface area (Å²) in [5.74, 6) is -0.116. The molecule has 0 aliphatic heterocycles. The molecule has 4 heteroatoms. The Morgan fingerprint density at radius 3 is 2.75 bits per heavy atom. The third-order valence-electron chi connectivity index (χ3n) is 2.82. The number of phenolic OH excluding ortho intramolecular Hbond substituents is 1. The molecule has 0 aliphatic rings. The monoisotopic (exact) mass is 271 g/mol. The first-order valence-electron chi connectivity index (χ1n) is 6.48. The lowest BCUT2D eigenvalue weighted by Crippen LogP contribution is -2.09. The van der Waals surface area contributed by atoms with E-state index in [1.165, 1.54) is 0 Å². The van der Waals surface area contributed by atoms with Gasteiger partial charge in [0.25, 0.3) is 0 Å². The summed E-state index contributed by atoms with van der Waals surface area (Å²) in [4.78, 5) is 11.8. The molecule has 2 aromatic rings. The van der Waals surface area contributed by atoms with Crippen molar-refractivity contribution in [2.24, 2.45) is 0 Å². The van der Waals surface area contributed by atoms with Gasteiger partial charge in [0.05, 0.1) is 12.2 Å². The van der Waals surface area contributed by atoms with E-state index < -0.39 is 0 Å². The molecule has 4 nitrogen and oxygen atoms in total. The Labute approximate surface area is 118 Å². The Morgan fingerprint density at radius 2 is 2.00 bits per heavy atom. The Hall–Kier alpha value is -2.49. The van der Waals surface area contributed by atoms with Crippen molar-refractivity contribution >= 4 is 11.7 Å². The summed E-state index contributed by atoms with van der Waals surface area (Å²) in [7, 11) is 0. The van der Waals surface area contributed by atoms with Crippen molar-refractivity contribution in [3.8, 4) is 5.75 Å². The number of para-hydroxylation sites is 1. The van der Waals surface area contributed by atoms with Gasteiger partial charge in [0.2, 0.25) is 0 Å². The van der Waals surface area contributed by atoms with Gasteiger partial charge < -0.3 is 15.2 Å². The van der Waals surface area contributed by atoms with Gasteiger partial charge >= 0.3 is 5.97 Å². The SMILES string of the molecule is CCOC(=O)c1ccccc1NCc1cccc(O)c1. The lowest BCUT2D eigenvalue weighted by atomic mass is 10.1. The molecule has 20 heavy (non-hydrogen) atoms. The van der Waals surface area contributed by atoms with Crippen LogP contribution < -0.4 is 5.32 Å². The number of anilines is 1. The lowest BCUT2D eigenvalue weighted by Gasteiger charge is -2.11. The summed E-state index contributed by atoms with van der Waals surface area (Å²) in [6.07, 6.45) is 0. The minimum absolute atomic E-state index is 0.225. The second-order valence-electron chi connectivity index (χ2n) is 4.29. The lowest BCUT2D eigenvalue weighted by molar-refractivity contribution is 0.0527. The van der Waals surface area contributed by atoms with Gasteiger partial charge in [0, 0.05) is 12.2 Å². The maximum atomic E-state index is 11.8. The molecule has 0 atom stereocenters. The summed E-state index contributed by atoms with van der Waals surface area (Å²) in [5, 5.41) is 12.6. The van der Waals surface area contributed by atoms with Crippen LogP contribution in [0.2, 0.25) is 0 Å². The molecule has 2 rings (SSSR count). The first kappa shape index (κ1) is 13.9. The van der Waals surface area contributed by atoms with Crippen molar-refractivity contribution < 1.29 is 14.6 Å². The van der Waals surface area contributed by atoms with E-state index in [1.807, 2.05) is 18.2 Å². The predicted octanol–water partition coefficient (Wildman–Crippen LogP) is 3.18. The van der Waals surface area contributed by atoms with Crippen molar-refractivity contribution in [1.29, 1.82) is 0 Å². The number of ether oxygens (including phenoxy) is 1. The van der Waals surface area contributed by atoms with E-state index in [-0.39, 0.29) is 11.7 Å². The van der Waals surface area contributed by atoms with Gasteiger partial charge in [-0.1, -0.05) is 24.3 Å². The molecule has 2 aromatic carbocycles. The topological polar surface area (TPSA) is 58.6 Å². The molecule has 0 spiro atoms. The van der Waals surface area contributed by atoms with Crippen molar-refractivity contribution in [3.05, 3.63) is 59.7 Å². The molecule has 0 saturated carbocycles. The maximum absolute atomic E-state index is 11.8. The maximum Gasteiger partial charge on any atom is 0.340 e. The largest absolute Gasteiger partial charge is 0.508 e. The van der Waals surface area contributed by atoms with E-state index in [0.717, 1.165) is 5.56 Å². The number of benzene rings is 2. The van der Waals surface area contributed by atoms with Gasteiger partial charge in [-0.05, 0) is 36.8 Å². The van der Waals surface area contributed by atoms with Crippen molar-refractivity contribution in [2.45, 2.75) is 13.5 Å². The minimum Gasteiger partial charge on any atom is -0.508 e. The van der Waals surface area contributed by atoms with Crippen LogP contribution in [0.1, 0.15) is 22.8 Å². The third kappa shape index (κ3) is 3.51. The number of hydrogen-bond acceptors (Lipinski definition) is 4. The molecular weight excluding hydrogens is 254 g/mol. The van der Waals surface area contributed by atoms with Crippen LogP contribution in [0.25, 0.3) is 0 Å². The van der Waals surface area contributed by atoms with Gasteiger partial charge in [-0.25, -0.2) is 4.79 Å². The standard InChI is InChI=1S/C16H17NO3/c1-2-20-16(19)14-8-3-4-9-15(14)17-11-12-6-5-7-13(18)10-12/h3-10,17-18H,2,11H2,1H3. The number of phenols is 1. The zero-order valence-electron chi connectivity index (χ0n) is 11.3. The molecule has 0 aromatic heterocycles. The zero-order chi connectivity index (χ0) is 14.4. The average Bonchev–Trinajstić information content (AvgIpc) is 2.46. The molecule has 0 saturated heterocycles. The predicted molar refractivity (Wildman–Crippen MR) is 77.8 cm³/mol. The van der Waals surface area contributed by atoms with Crippen LogP contribution >= 0.6 is 0 Å². The average molecular weight is 271 g/mol. The van der Waals surface area contributed by atoms with Crippen molar-refractivity contribution in [2.75, 3.05) is 11.9 Å². The van der Waals surface area contributed by atoms with Crippen LogP contribution in [0.3, 0.4) is 0 Å². The first-order chi connectivity index (χ1) is 9.70. The molecule has 0 fully saturated rings. The Morgan fingerprint density at radius 1 is 1.20 bits per heavy atom. The van der Waals surface area contributed by atoms with E-state index in [9.17, 15) is 9.90 Å². The van der Waals surface area contributed by atoms with Crippen LogP contribution in [0.15, 0.2) is 48.5 Å². The highest BCUT2D eigenvalue weighted by atomic mass is 16.5. The summed E-state index contributed by atoms with van der Waals surface area (Å²) in [6, 6.07) is 14.2. The van der Waals surface area contributed by atoms with E-state index in [4.69, 9.17) is 4.74 Å². The number of carbonyl (C=O) groups is 1. The second-order valence-corrected chi connectivity index (χ2v) is 4.29. The highest BCUT2D eigenvalue weighted by Gasteiger charge is 2.11. The zero-order valence-corrected chi connectivity index (χ0v) is 11.3. The second kappa shape index (κ2) is 6.61. The third-order valence-corrected chi connectivity index (χ3v) is 2.82. The number of hydrogen-bond donors (Lipinski definition) is 2. The summed E-state index contributed by atoms with van der Waals surface area (Å²) in [5.41, 5.74) is 2.16. The summed E-state index contributed by atoms with van der Waals surface area (Å²) >= 11 is 0. The molecule has 0 radical (unpaired) electrons. The molecule has 0 aliphatic carbocycles. The quantitative estimate of drug-likeness (QED) is 0.820. The van der Waals surface area contributed by atoms with Gasteiger partial charge in [0.1, 0.15) is 5.75 Å². The minimum atomic E-state index is -0.341. The van der Waals surface area contributed by atoms with Crippen molar-refractivity contribution in [3.63, 3.8) is 0 Å². The normalized spacial score (nSPS) is 10.1. The van der Waals surface area contributed by atoms with Crippen LogP contribution in [0.4, 0.5) is 5.69 Å². The van der Waals surface area contributed by atoms with Gasteiger partial charge in [-0.15, -0.1) is 0 Å². The van der Waals surface area contributed by atoms with E-state index in [1.54, 1.807) is 37.3 Å². The molecule has 0 unspecified atom stereocenters. The van der Waals surface area contributed by atoms with E-state index in [2.05, 4.69) is 5.32 Å². The van der Waals surface area contributed by atoms with Gasteiger partial charge in [-0.2, -0.15) is 0 Å². The van der Waals surface area contributed by atoms with Crippen LogP contribution in [-0.4, -0.2) is 17.7 Å². The molecular formula is C16H17NO3. The molecule has 0 heterocycles. The van der Waals surface area contributed by atoms with Crippen LogP contribution in [0.5, 0.6) is 5.75 Å². The molecule has 104 valence electrons. The fraction of sp³-hybridized carbons (Fsp3) is 0.188.